The van der Waals surface area contributed by atoms with Crippen molar-refractivity contribution in [1.29, 1.82) is 0 Å². The van der Waals surface area contributed by atoms with Crippen molar-refractivity contribution < 1.29 is 53.4 Å². The molecular formula is C45H73NO11. The summed E-state index contributed by atoms with van der Waals surface area (Å²) >= 11 is 0. The van der Waals surface area contributed by atoms with Crippen LogP contribution >= 0.6 is 0 Å². The van der Waals surface area contributed by atoms with Gasteiger partial charge in [0, 0.05) is 36.0 Å². The molecule has 5 heterocycles. The van der Waals surface area contributed by atoms with Crippen molar-refractivity contribution in [3.05, 3.63) is 12.2 Å². The molecule has 5 aliphatic heterocycles. The second-order valence-electron chi connectivity index (χ2n) is 19.3. The minimum atomic E-state index is -1.25. The van der Waals surface area contributed by atoms with Gasteiger partial charge >= 0.3 is 5.97 Å². The highest BCUT2D eigenvalue weighted by atomic mass is 16.8. The number of amides is 1. The van der Waals surface area contributed by atoms with Crippen molar-refractivity contribution in [1.82, 2.24) is 5.32 Å². The highest BCUT2D eigenvalue weighted by Crippen LogP contribution is 2.54. The number of ketones is 1. The molecule has 6 rings (SSSR count). The van der Waals surface area contributed by atoms with Gasteiger partial charge in [-0.3, -0.25) is 14.4 Å². The first-order chi connectivity index (χ1) is 26.9. The number of aliphatic carboxylic acids is 1. The standard InChI is InChI=1S/C45H73NO11/c1-9-33(39(51)28(5)38(50)29(6)40-25(2)15-16-32(54-40)24-37(48)49)41-26(3)23-27(4)44(55-41)20-19-35(46-42(52)31-13-11-10-12-14-31)45(57-44)22-21-43(8,56-45)36-18-17-34(47)30(7)53-36/h19-20,25-36,38,40-41,47,50H,9-18,21-24H2,1-8H3,(H,46,52)(H,48,49)/t25-,26-,27+,28-,29-,30-,32+,33-,34+,35?,36+,38+,40+,41-,43-,44-,45-/m0/s1. The van der Waals surface area contributed by atoms with E-state index in [9.17, 15) is 29.7 Å². The molecule has 0 bridgehead atoms. The number of Topliss-reactive ketones (excluding diaryl/α,β-unsaturated/α-hetero) is 1. The highest BCUT2D eigenvalue weighted by Gasteiger charge is 2.63. The van der Waals surface area contributed by atoms with E-state index in [1.165, 1.54) is 0 Å². The summed E-state index contributed by atoms with van der Waals surface area (Å²) in [5.41, 5.74) is -0.740. The maximum atomic E-state index is 14.6. The first-order valence-electron chi connectivity index (χ1n) is 22.4. The molecule has 12 heteroatoms. The number of carboxylic acids is 1. The molecule has 4 saturated heterocycles. The zero-order valence-electron chi connectivity index (χ0n) is 35.8. The molecule has 4 N–H and O–H groups in total. The monoisotopic (exact) mass is 804 g/mol. The van der Waals surface area contributed by atoms with E-state index >= 15 is 0 Å². The van der Waals surface area contributed by atoms with E-state index < -0.39 is 65.4 Å². The van der Waals surface area contributed by atoms with Gasteiger partial charge in [0.15, 0.2) is 11.6 Å². The highest BCUT2D eigenvalue weighted by molar-refractivity contribution is 5.84. The minimum absolute atomic E-state index is 0.00904. The fourth-order valence-electron chi connectivity index (χ4n) is 11.3. The first kappa shape index (κ1) is 44.6. The normalized spacial score (nSPS) is 43.7. The molecule has 1 unspecified atom stereocenters. The minimum Gasteiger partial charge on any atom is -0.481 e. The molecule has 1 amide bonds. The van der Waals surface area contributed by atoms with Crippen LogP contribution in [0.4, 0.5) is 0 Å². The topological polar surface area (TPSA) is 170 Å². The molecule has 2 spiro atoms. The van der Waals surface area contributed by atoms with Crippen LogP contribution in [0.15, 0.2) is 12.2 Å². The van der Waals surface area contributed by atoms with E-state index in [-0.39, 0.29) is 66.0 Å². The Bertz CT molecular complexity index is 1450. The van der Waals surface area contributed by atoms with Crippen LogP contribution in [0.5, 0.6) is 0 Å². The summed E-state index contributed by atoms with van der Waals surface area (Å²) in [5.74, 6) is -5.13. The lowest BCUT2D eigenvalue weighted by Crippen LogP contribution is -2.66. The molecule has 17 atom stereocenters. The third kappa shape index (κ3) is 9.22. The number of hydrogen-bond donors (Lipinski definition) is 4. The van der Waals surface area contributed by atoms with Crippen molar-refractivity contribution in [3.8, 4) is 0 Å². The van der Waals surface area contributed by atoms with Crippen LogP contribution in [-0.2, 0) is 38.1 Å². The van der Waals surface area contributed by atoms with Crippen molar-refractivity contribution in [2.45, 2.75) is 211 Å². The Hall–Kier alpha value is -1.93. The van der Waals surface area contributed by atoms with Gasteiger partial charge in [0.2, 0.25) is 5.91 Å². The molecule has 0 radical (unpaired) electrons. The van der Waals surface area contributed by atoms with Gasteiger partial charge in [-0.1, -0.05) is 66.9 Å². The summed E-state index contributed by atoms with van der Waals surface area (Å²) in [7, 11) is 0. The smallest absolute Gasteiger partial charge is 0.305 e. The van der Waals surface area contributed by atoms with Gasteiger partial charge in [-0.15, -0.1) is 0 Å². The summed E-state index contributed by atoms with van der Waals surface area (Å²) in [4.78, 5) is 39.8. The molecule has 12 nitrogen and oxygen atoms in total. The largest absolute Gasteiger partial charge is 0.481 e. The van der Waals surface area contributed by atoms with Gasteiger partial charge in [0.1, 0.15) is 11.8 Å². The van der Waals surface area contributed by atoms with E-state index in [1.807, 2.05) is 39.8 Å². The van der Waals surface area contributed by atoms with Crippen molar-refractivity contribution in [3.63, 3.8) is 0 Å². The Kier molecular flexibility index (Phi) is 14.1. The molecule has 0 aromatic heterocycles. The first-order valence-corrected chi connectivity index (χ1v) is 22.4. The van der Waals surface area contributed by atoms with Gasteiger partial charge in [-0.2, -0.15) is 0 Å². The third-order valence-electron chi connectivity index (χ3n) is 15.1. The van der Waals surface area contributed by atoms with Crippen LogP contribution < -0.4 is 5.32 Å². The maximum Gasteiger partial charge on any atom is 0.305 e. The number of nitrogens with one attached hydrogen (secondary N) is 1. The van der Waals surface area contributed by atoms with Crippen LogP contribution in [0.1, 0.15) is 145 Å². The zero-order valence-corrected chi connectivity index (χ0v) is 35.8. The van der Waals surface area contributed by atoms with Crippen LogP contribution in [0, 0.1) is 41.4 Å². The number of carbonyl (C=O) groups excluding carboxylic acids is 2. The van der Waals surface area contributed by atoms with Crippen LogP contribution in [0.3, 0.4) is 0 Å². The molecular weight excluding hydrogens is 730 g/mol. The number of aliphatic hydroxyl groups excluding tert-OH is 2. The van der Waals surface area contributed by atoms with Gasteiger partial charge in [0.25, 0.3) is 0 Å². The molecule has 0 aromatic rings. The van der Waals surface area contributed by atoms with E-state index in [4.69, 9.17) is 23.7 Å². The van der Waals surface area contributed by atoms with Gasteiger partial charge in [0.05, 0.1) is 54.7 Å². The van der Waals surface area contributed by atoms with Gasteiger partial charge in [-0.05, 0) is 89.5 Å². The fourth-order valence-corrected chi connectivity index (χ4v) is 11.3. The average molecular weight is 804 g/mol. The zero-order chi connectivity index (χ0) is 41.4. The molecule has 6 aliphatic rings. The maximum absolute atomic E-state index is 14.6. The lowest BCUT2D eigenvalue weighted by Gasteiger charge is -2.55. The van der Waals surface area contributed by atoms with Crippen molar-refractivity contribution in [2.24, 2.45) is 41.4 Å². The lowest BCUT2D eigenvalue weighted by atomic mass is 9.72. The summed E-state index contributed by atoms with van der Waals surface area (Å²) in [6.45, 7) is 15.9. The van der Waals surface area contributed by atoms with Gasteiger partial charge in [-0.25, -0.2) is 0 Å². The predicted octanol–water partition coefficient (Wildman–Crippen LogP) is 6.48. The van der Waals surface area contributed by atoms with Crippen LogP contribution in [0.25, 0.3) is 0 Å². The lowest BCUT2D eigenvalue weighted by molar-refractivity contribution is -0.397. The van der Waals surface area contributed by atoms with Crippen molar-refractivity contribution in [2.75, 3.05) is 0 Å². The van der Waals surface area contributed by atoms with E-state index in [2.05, 4.69) is 26.1 Å². The van der Waals surface area contributed by atoms with Gasteiger partial charge < -0.3 is 44.3 Å². The van der Waals surface area contributed by atoms with Crippen LogP contribution in [0.2, 0.25) is 0 Å². The van der Waals surface area contributed by atoms with Crippen LogP contribution in [-0.4, -0.2) is 98.9 Å². The Labute approximate surface area is 340 Å². The average Bonchev–Trinajstić information content (AvgIpc) is 3.52. The molecule has 1 aliphatic carbocycles. The third-order valence-corrected chi connectivity index (χ3v) is 15.1. The molecule has 5 fully saturated rings. The summed E-state index contributed by atoms with van der Waals surface area (Å²) < 4.78 is 34.2. The molecule has 0 aromatic carbocycles. The van der Waals surface area contributed by atoms with E-state index in [0.717, 1.165) is 44.9 Å². The summed E-state index contributed by atoms with van der Waals surface area (Å²) in [5, 5.41) is 34.9. The Morgan fingerprint density at radius 2 is 1.61 bits per heavy atom. The summed E-state index contributed by atoms with van der Waals surface area (Å²) in [6.07, 6.45) is 10.4. The predicted molar refractivity (Wildman–Crippen MR) is 213 cm³/mol. The number of carbonyl (C=O) groups is 3. The second-order valence-corrected chi connectivity index (χ2v) is 19.3. The Morgan fingerprint density at radius 1 is 0.895 bits per heavy atom. The van der Waals surface area contributed by atoms with Crippen molar-refractivity contribution >= 4 is 17.7 Å². The van der Waals surface area contributed by atoms with E-state index in [1.54, 1.807) is 6.92 Å². The SMILES string of the molecule is CC[C@@H](C(=O)[C@@H](C)[C@@H](O)[C@H](C)[C@@H]1O[C@@H](CC(=O)O)CC[C@@H]1C)[C@H]1O[C@]2(C=CC(NC(=O)C3CCCCC3)[C@]3(CC[C@@](C)([C@H]4CC[C@@H](O)[C@H](C)O4)O3)O2)[C@H](C)C[C@@H]1C. The number of ether oxygens (including phenoxy) is 5. The van der Waals surface area contributed by atoms with E-state index in [0.29, 0.717) is 38.5 Å². The second kappa shape index (κ2) is 18.0. The quantitative estimate of drug-likeness (QED) is 0.160. The Morgan fingerprint density at radius 3 is 2.28 bits per heavy atom. The number of aliphatic hydroxyl groups is 2. The number of hydrogen-bond acceptors (Lipinski definition) is 10. The molecule has 324 valence electrons. The fraction of sp³-hybridized carbons (Fsp3) is 0.889. The number of carboxylic acid groups (broad SMARTS) is 1. The number of rotatable bonds is 12. The summed E-state index contributed by atoms with van der Waals surface area (Å²) in [6, 6.07) is -0.570. The molecule has 57 heavy (non-hydrogen) atoms. The Balaban J connectivity index is 1.24. The molecule has 1 saturated carbocycles.